The highest BCUT2D eigenvalue weighted by Gasteiger charge is 2.19. The maximum atomic E-state index is 12.5. The van der Waals surface area contributed by atoms with Gasteiger partial charge >= 0.3 is 5.97 Å². The molecule has 0 atom stereocenters. The molecule has 3 aromatic rings. The molecule has 0 aliphatic carbocycles. The Morgan fingerprint density at radius 3 is 2.17 bits per heavy atom. The Morgan fingerprint density at radius 1 is 0.800 bits per heavy atom. The number of carbonyl (C=O) groups excluding carboxylic acids is 2. The van der Waals surface area contributed by atoms with Crippen LogP contribution in [-0.2, 0) is 37.1 Å². The van der Waals surface area contributed by atoms with Gasteiger partial charge in [0.25, 0.3) is 0 Å². The predicted octanol–water partition coefficient (Wildman–Crippen LogP) is 5.62. The third-order valence-corrected chi connectivity index (χ3v) is 6.03. The van der Waals surface area contributed by atoms with Crippen LogP contribution < -0.4 is 0 Å². The summed E-state index contributed by atoms with van der Waals surface area (Å²) < 4.78 is 4.81. The van der Waals surface area contributed by atoms with Crippen molar-refractivity contribution in [1.29, 1.82) is 0 Å². The number of rotatable bonds is 13. The smallest absolute Gasteiger partial charge is 0.360 e. The van der Waals surface area contributed by atoms with Crippen LogP contribution in [0.3, 0.4) is 0 Å². The first-order valence-corrected chi connectivity index (χ1v) is 12.7. The van der Waals surface area contributed by atoms with Crippen LogP contribution in [0, 0.1) is 0 Å². The van der Waals surface area contributed by atoms with Crippen molar-refractivity contribution in [2.75, 3.05) is 21.3 Å². The summed E-state index contributed by atoms with van der Waals surface area (Å²) in [7, 11) is 4.06. The number of carbonyl (C=O) groups is 2. The Bertz CT molecular complexity index is 1420. The van der Waals surface area contributed by atoms with Gasteiger partial charge in [-0.2, -0.15) is 0 Å². The molecule has 0 fully saturated rings. The summed E-state index contributed by atoms with van der Waals surface area (Å²) in [5.41, 5.74) is 4.48. The van der Waals surface area contributed by atoms with E-state index in [1.165, 1.54) is 21.3 Å². The Labute approximate surface area is 238 Å². The van der Waals surface area contributed by atoms with Crippen molar-refractivity contribution in [3.05, 3.63) is 106 Å². The van der Waals surface area contributed by atoms with Crippen molar-refractivity contribution in [3.8, 4) is 0 Å². The maximum Gasteiger partial charge on any atom is 0.360 e. The standard InChI is InChI=1S/C30H30ClN3O6/c1-20(32-40-19-24-8-5-6-11-26(24)29(34-39-4)30(36)37-2)28(33-38-3)22-15-12-21(13-16-22)14-17-27(35)23-9-7-10-25(31)18-23/h5-13,15-16,18H,14,17,19H2,1-4H3. The van der Waals surface area contributed by atoms with Crippen LogP contribution in [0.1, 0.15) is 46.0 Å². The van der Waals surface area contributed by atoms with E-state index in [1.54, 1.807) is 49.4 Å². The van der Waals surface area contributed by atoms with Crippen molar-refractivity contribution in [2.24, 2.45) is 15.5 Å². The number of methoxy groups -OCH3 is 1. The van der Waals surface area contributed by atoms with Crippen LogP contribution in [0.15, 0.2) is 88.3 Å². The van der Waals surface area contributed by atoms with Gasteiger partial charge in [0.1, 0.15) is 32.2 Å². The number of benzene rings is 3. The number of hydrogen-bond donors (Lipinski definition) is 0. The van der Waals surface area contributed by atoms with Gasteiger partial charge in [0, 0.05) is 33.7 Å². The number of nitrogens with zero attached hydrogens (tertiary/aromatic N) is 3. The van der Waals surface area contributed by atoms with Crippen LogP contribution in [0.2, 0.25) is 5.02 Å². The van der Waals surface area contributed by atoms with E-state index in [9.17, 15) is 9.59 Å². The molecule has 0 bridgehead atoms. The van der Waals surface area contributed by atoms with Crippen molar-refractivity contribution in [2.45, 2.75) is 26.4 Å². The summed E-state index contributed by atoms with van der Waals surface area (Å²) in [5.74, 6) is -0.608. The van der Waals surface area contributed by atoms with Crippen LogP contribution in [0.25, 0.3) is 0 Å². The van der Waals surface area contributed by atoms with E-state index in [2.05, 4.69) is 15.5 Å². The van der Waals surface area contributed by atoms with Gasteiger partial charge in [0.05, 0.1) is 7.11 Å². The molecule has 208 valence electrons. The number of aryl methyl sites for hydroxylation is 1. The zero-order valence-corrected chi connectivity index (χ0v) is 23.5. The van der Waals surface area contributed by atoms with E-state index in [1.807, 2.05) is 30.3 Å². The molecule has 0 aliphatic rings. The molecule has 0 N–H and O–H groups in total. The molecule has 0 aromatic heterocycles. The maximum absolute atomic E-state index is 12.5. The summed E-state index contributed by atoms with van der Waals surface area (Å²) in [6.45, 7) is 1.79. The second-order valence-electron chi connectivity index (χ2n) is 8.47. The van der Waals surface area contributed by atoms with Gasteiger partial charge in [0.15, 0.2) is 11.5 Å². The normalized spacial score (nSPS) is 12.1. The highest BCUT2D eigenvalue weighted by Crippen LogP contribution is 2.16. The molecule has 0 heterocycles. The largest absolute Gasteiger partial charge is 0.464 e. The number of hydrogen-bond acceptors (Lipinski definition) is 9. The first-order valence-electron chi connectivity index (χ1n) is 12.3. The van der Waals surface area contributed by atoms with E-state index >= 15 is 0 Å². The lowest BCUT2D eigenvalue weighted by molar-refractivity contribution is -0.132. The van der Waals surface area contributed by atoms with Crippen molar-refractivity contribution < 1.29 is 28.8 Å². The number of oxime groups is 3. The monoisotopic (exact) mass is 563 g/mol. The second kappa shape index (κ2) is 15.2. The molecule has 0 amide bonds. The molecule has 0 saturated heterocycles. The predicted molar refractivity (Wildman–Crippen MR) is 154 cm³/mol. The third kappa shape index (κ3) is 8.25. The molecule has 0 unspecified atom stereocenters. The lowest BCUT2D eigenvalue weighted by Crippen LogP contribution is -2.19. The minimum Gasteiger partial charge on any atom is -0.464 e. The third-order valence-electron chi connectivity index (χ3n) is 5.80. The zero-order chi connectivity index (χ0) is 28.9. The summed E-state index contributed by atoms with van der Waals surface area (Å²) in [6, 6.07) is 21.6. The number of ketones is 1. The van der Waals surface area contributed by atoms with Crippen LogP contribution in [0.5, 0.6) is 0 Å². The molecule has 0 radical (unpaired) electrons. The summed E-state index contributed by atoms with van der Waals surface area (Å²) in [5, 5.41) is 12.7. The minimum absolute atomic E-state index is 0.0147. The van der Waals surface area contributed by atoms with Gasteiger partial charge in [-0.3, -0.25) is 4.79 Å². The van der Waals surface area contributed by atoms with E-state index < -0.39 is 5.97 Å². The number of Topliss-reactive ketones (excluding diaryl/α,β-unsaturated/α-hetero) is 1. The molecule has 3 rings (SSSR count). The minimum atomic E-state index is -0.638. The highest BCUT2D eigenvalue weighted by atomic mass is 35.5. The highest BCUT2D eigenvalue weighted by molar-refractivity contribution is 6.47. The summed E-state index contributed by atoms with van der Waals surface area (Å²) >= 11 is 6.00. The first-order chi connectivity index (χ1) is 19.4. The van der Waals surface area contributed by atoms with Gasteiger partial charge in [-0.25, -0.2) is 4.79 Å². The van der Waals surface area contributed by atoms with E-state index in [0.29, 0.717) is 46.0 Å². The Morgan fingerprint density at radius 2 is 1.50 bits per heavy atom. The fourth-order valence-corrected chi connectivity index (χ4v) is 4.01. The molecule has 0 spiro atoms. The Balaban J connectivity index is 1.69. The molecule has 0 aliphatic heterocycles. The molecule has 3 aromatic carbocycles. The summed E-state index contributed by atoms with van der Waals surface area (Å²) in [6.07, 6.45) is 0.944. The molecule has 10 heteroatoms. The topological polar surface area (TPSA) is 108 Å². The quantitative estimate of drug-likeness (QED) is 0.115. The van der Waals surface area contributed by atoms with E-state index in [0.717, 1.165) is 11.1 Å². The summed E-state index contributed by atoms with van der Waals surface area (Å²) in [4.78, 5) is 40.1. The Kier molecular flexibility index (Phi) is 11.4. The average Bonchev–Trinajstić information content (AvgIpc) is 2.97. The van der Waals surface area contributed by atoms with Gasteiger partial charge in [-0.05, 0) is 31.0 Å². The molecular formula is C30H30ClN3O6. The number of ether oxygens (including phenoxy) is 1. The van der Waals surface area contributed by atoms with Crippen molar-refractivity contribution in [1.82, 2.24) is 0 Å². The van der Waals surface area contributed by atoms with Gasteiger partial charge < -0.3 is 19.2 Å². The fraction of sp³-hybridized carbons (Fsp3) is 0.233. The van der Waals surface area contributed by atoms with Gasteiger partial charge in [-0.1, -0.05) is 87.7 Å². The van der Waals surface area contributed by atoms with E-state index in [4.69, 9.17) is 30.9 Å². The average molecular weight is 564 g/mol. The van der Waals surface area contributed by atoms with Gasteiger partial charge in [-0.15, -0.1) is 0 Å². The second-order valence-corrected chi connectivity index (χ2v) is 8.91. The lowest BCUT2D eigenvalue weighted by atomic mass is 10.00. The number of esters is 1. The molecule has 0 saturated carbocycles. The van der Waals surface area contributed by atoms with Gasteiger partial charge in [0.2, 0.25) is 0 Å². The zero-order valence-electron chi connectivity index (χ0n) is 22.7. The fourth-order valence-electron chi connectivity index (χ4n) is 3.82. The van der Waals surface area contributed by atoms with Crippen LogP contribution in [0.4, 0.5) is 0 Å². The van der Waals surface area contributed by atoms with Crippen LogP contribution in [-0.4, -0.2) is 50.2 Å². The SMILES string of the molecule is CON=C(C(C)=NOCc1ccccc1C(=NOC)C(=O)OC)c1ccc(CCC(=O)c2cccc(Cl)c2)cc1. The molecule has 9 nitrogen and oxygen atoms in total. The van der Waals surface area contributed by atoms with E-state index in [-0.39, 0.29) is 18.1 Å². The molecule has 40 heavy (non-hydrogen) atoms. The van der Waals surface area contributed by atoms with Crippen molar-refractivity contribution >= 4 is 40.5 Å². The number of halogens is 1. The van der Waals surface area contributed by atoms with Crippen LogP contribution >= 0.6 is 11.6 Å². The van der Waals surface area contributed by atoms with Crippen molar-refractivity contribution in [3.63, 3.8) is 0 Å². The molecular weight excluding hydrogens is 534 g/mol. The lowest BCUT2D eigenvalue weighted by Gasteiger charge is -2.10. The first kappa shape index (κ1) is 30.0. The Hall–Kier alpha value is -4.50.